The summed E-state index contributed by atoms with van der Waals surface area (Å²) >= 11 is 0. The fourth-order valence-electron chi connectivity index (χ4n) is 1.33. The molecule has 21 heavy (non-hydrogen) atoms. The molecule has 0 unspecified atom stereocenters. The quantitative estimate of drug-likeness (QED) is 0.494. The predicted molar refractivity (Wildman–Crippen MR) is 75.9 cm³/mol. The zero-order valence-corrected chi connectivity index (χ0v) is 12.0. The second-order valence-electron chi connectivity index (χ2n) is 5.12. The van der Waals surface area contributed by atoms with Crippen LogP contribution < -0.4 is 5.32 Å². The lowest BCUT2D eigenvalue weighted by molar-refractivity contribution is -0.385. The molecule has 0 aliphatic carbocycles. The number of benzene rings is 1. The predicted octanol–water partition coefficient (Wildman–Crippen LogP) is 2.18. The van der Waals surface area contributed by atoms with Crippen molar-refractivity contribution < 1.29 is 19.6 Å². The molecule has 0 fully saturated rings. The van der Waals surface area contributed by atoms with Gasteiger partial charge in [0.2, 0.25) is 0 Å². The van der Waals surface area contributed by atoms with Gasteiger partial charge in [-0.05, 0) is 26.8 Å². The van der Waals surface area contributed by atoms with Gasteiger partial charge in [-0.3, -0.25) is 10.1 Å². The molecule has 1 aromatic rings. The first-order chi connectivity index (χ1) is 9.69. The van der Waals surface area contributed by atoms with E-state index in [1.807, 2.05) is 0 Å². The largest absolute Gasteiger partial charge is 0.502 e. The smallest absolute Gasteiger partial charge is 0.408 e. The highest BCUT2D eigenvalue weighted by Crippen LogP contribution is 2.25. The number of hydrogen-bond donors (Lipinski definition) is 2. The monoisotopic (exact) mass is 292 g/mol. The second-order valence-corrected chi connectivity index (χ2v) is 5.12. The minimum Gasteiger partial charge on any atom is -0.502 e. The minimum absolute atomic E-state index is 0.0622. The van der Waals surface area contributed by atoms with E-state index in [9.17, 15) is 20.0 Å². The lowest BCUT2D eigenvalue weighted by Gasteiger charge is -2.18. The van der Waals surface area contributed by atoms with E-state index in [4.69, 9.17) is 4.74 Å². The number of nitrogens with one attached hydrogen (secondary N) is 1. The summed E-state index contributed by atoms with van der Waals surface area (Å²) in [5.41, 5.74) is -0.557. The Kier molecular flexibility index (Phi) is 5.13. The molecular weight excluding hydrogens is 276 g/mol. The Morgan fingerprint density at radius 2 is 2.14 bits per heavy atom. The van der Waals surface area contributed by atoms with Crippen LogP contribution in [0.3, 0.4) is 0 Å². The standard InChI is InChI=1S/C14H16N2O5/c1-14(2,3)21-13(18)15-8-4-5-10-6-7-11(16(19)20)12(17)9-10/h6-7,9,17H,8H2,1-3H3,(H,15,18). The van der Waals surface area contributed by atoms with Gasteiger partial charge >= 0.3 is 11.8 Å². The van der Waals surface area contributed by atoms with Crippen LogP contribution in [-0.2, 0) is 4.74 Å². The second kappa shape index (κ2) is 6.61. The van der Waals surface area contributed by atoms with Crippen LogP contribution >= 0.6 is 0 Å². The summed E-state index contributed by atoms with van der Waals surface area (Å²) < 4.78 is 5.02. The van der Waals surface area contributed by atoms with Crippen molar-refractivity contribution in [2.24, 2.45) is 0 Å². The normalized spacial score (nSPS) is 10.2. The van der Waals surface area contributed by atoms with E-state index >= 15 is 0 Å². The molecule has 0 aromatic heterocycles. The summed E-state index contributed by atoms with van der Waals surface area (Å²) in [5, 5.41) is 22.4. The van der Waals surface area contributed by atoms with E-state index in [1.165, 1.54) is 18.2 Å². The number of ether oxygens (including phenoxy) is 1. The molecule has 0 aliphatic rings. The van der Waals surface area contributed by atoms with Crippen LogP contribution in [0, 0.1) is 22.0 Å². The molecule has 112 valence electrons. The first-order valence-corrected chi connectivity index (χ1v) is 6.12. The van der Waals surface area contributed by atoms with Crippen LogP contribution in [0.1, 0.15) is 26.3 Å². The molecule has 7 nitrogen and oxygen atoms in total. The Morgan fingerprint density at radius 1 is 1.48 bits per heavy atom. The van der Waals surface area contributed by atoms with Gasteiger partial charge in [0.15, 0.2) is 5.75 Å². The average molecular weight is 292 g/mol. The van der Waals surface area contributed by atoms with Crippen molar-refractivity contribution in [2.75, 3.05) is 6.54 Å². The molecule has 1 rings (SSSR count). The zero-order chi connectivity index (χ0) is 16.0. The highest BCUT2D eigenvalue weighted by molar-refractivity contribution is 5.68. The molecule has 2 N–H and O–H groups in total. The minimum atomic E-state index is -0.684. The zero-order valence-electron chi connectivity index (χ0n) is 12.0. The Morgan fingerprint density at radius 3 is 2.67 bits per heavy atom. The summed E-state index contributed by atoms with van der Waals surface area (Å²) in [6.45, 7) is 5.31. The van der Waals surface area contributed by atoms with E-state index in [0.29, 0.717) is 5.56 Å². The van der Waals surface area contributed by atoms with Crippen molar-refractivity contribution in [3.05, 3.63) is 33.9 Å². The Balaban J connectivity index is 2.58. The van der Waals surface area contributed by atoms with Crippen molar-refractivity contribution >= 4 is 11.8 Å². The fourth-order valence-corrected chi connectivity index (χ4v) is 1.33. The molecule has 0 saturated heterocycles. The van der Waals surface area contributed by atoms with Crippen molar-refractivity contribution in [2.45, 2.75) is 26.4 Å². The number of carbonyl (C=O) groups is 1. The number of rotatable bonds is 2. The highest BCUT2D eigenvalue weighted by atomic mass is 16.6. The molecular formula is C14H16N2O5. The van der Waals surface area contributed by atoms with Crippen molar-refractivity contribution in [3.63, 3.8) is 0 Å². The van der Waals surface area contributed by atoms with Crippen molar-refractivity contribution in [1.82, 2.24) is 5.32 Å². The maximum atomic E-state index is 11.3. The van der Waals surface area contributed by atoms with Gasteiger partial charge in [-0.15, -0.1) is 0 Å². The number of carbonyl (C=O) groups excluding carboxylic acids is 1. The summed E-state index contributed by atoms with van der Waals surface area (Å²) in [7, 11) is 0. The third kappa shape index (κ3) is 5.82. The maximum absolute atomic E-state index is 11.3. The molecule has 0 saturated carbocycles. The molecule has 0 heterocycles. The number of nitro groups is 1. The number of alkyl carbamates (subject to hydrolysis) is 1. The molecule has 0 aliphatic heterocycles. The molecule has 0 atom stereocenters. The molecule has 1 amide bonds. The van der Waals surface area contributed by atoms with Gasteiger partial charge in [0.25, 0.3) is 0 Å². The van der Waals surface area contributed by atoms with Gasteiger partial charge in [-0.2, -0.15) is 0 Å². The molecule has 0 bridgehead atoms. The molecule has 7 heteroatoms. The lowest BCUT2D eigenvalue weighted by Crippen LogP contribution is -2.32. The van der Waals surface area contributed by atoms with E-state index in [0.717, 1.165) is 0 Å². The SMILES string of the molecule is CC(C)(C)OC(=O)NCC#Cc1ccc([N+](=O)[O-])c(O)c1. The van der Waals surface area contributed by atoms with Crippen LogP contribution in [0.5, 0.6) is 5.75 Å². The number of aromatic hydroxyl groups is 1. The third-order valence-electron chi connectivity index (χ3n) is 2.12. The van der Waals surface area contributed by atoms with Gasteiger partial charge < -0.3 is 15.2 Å². The van der Waals surface area contributed by atoms with Gasteiger partial charge in [0.05, 0.1) is 11.5 Å². The van der Waals surface area contributed by atoms with Crippen LogP contribution in [0.4, 0.5) is 10.5 Å². The Bertz CT molecular complexity index is 608. The number of hydrogen-bond acceptors (Lipinski definition) is 5. The number of phenols is 1. The first-order valence-electron chi connectivity index (χ1n) is 6.12. The fraction of sp³-hybridized carbons (Fsp3) is 0.357. The van der Waals surface area contributed by atoms with Gasteiger partial charge in [-0.1, -0.05) is 11.8 Å². The van der Waals surface area contributed by atoms with E-state index < -0.39 is 22.4 Å². The number of amides is 1. The third-order valence-corrected chi connectivity index (χ3v) is 2.12. The van der Waals surface area contributed by atoms with Crippen LogP contribution in [0.25, 0.3) is 0 Å². The first kappa shape index (κ1) is 16.3. The van der Waals surface area contributed by atoms with Crippen LogP contribution in [-0.4, -0.2) is 28.3 Å². The highest BCUT2D eigenvalue weighted by Gasteiger charge is 2.15. The summed E-state index contributed by atoms with van der Waals surface area (Å²) in [6, 6.07) is 3.78. The van der Waals surface area contributed by atoms with E-state index in [1.54, 1.807) is 20.8 Å². The topological polar surface area (TPSA) is 102 Å². The lowest BCUT2D eigenvalue weighted by atomic mass is 10.2. The molecule has 0 spiro atoms. The van der Waals surface area contributed by atoms with Gasteiger partial charge in [0.1, 0.15) is 5.60 Å². The number of phenolic OH excluding ortho intramolecular Hbond substituents is 1. The van der Waals surface area contributed by atoms with Gasteiger partial charge in [0, 0.05) is 17.7 Å². The molecule has 0 radical (unpaired) electrons. The maximum Gasteiger partial charge on any atom is 0.408 e. The molecule has 1 aromatic carbocycles. The number of nitro benzene ring substituents is 1. The van der Waals surface area contributed by atoms with Crippen molar-refractivity contribution in [3.8, 4) is 17.6 Å². The Labute approximate surface area is 122 Å². The Hall–Kier alpha value is -2.75. The van der Waals surface area contributed by atoms with Crippen LogP contribution in [0.15, 0.2) is 18.2 Å². The van der Waals surface area contributed by atoms with E-state index in [2.05, 4.69) is 17.2 Å². The van der Waals surface area contributed by atoms with Crippen LogP contribution in [0.2, 0.25) is 0 Å². The van der Waals surface area contributed by atoms with Crippen molar-refractivity contribution in [1.29, 1.82) is 0 Å². The average Bonchev–Trinajstić information content (AvgIpc) is 2.32. The van der Waals surface area contributed by atoms with E-state index in [-0.39, 0.29) is 12.2 Å². The van der Waals surface area contributed by atoms with Gasteiger partial charge in [-0.25, -0.2) is 4.79 Å². The summed E-state index contributed by atoms with van der Waals surface area (Å²) in [4.78, 5) is 21.2. The summed E-state index contributed by atoms with van der Waals surface area (Å²) in [6.07, 6.45) is -0.580. The summed E-state index contributed by atoms with van der Waals surface area (Å²) in [5.74, 6) is 4.87. The number of nitrogens with zero attached hydrogens (tertiary/aromatic N) is 1.